The van der Waals surface area contributed by atoms with Crippen LogP contribution in [0.15, 0.2) is 16.6 Å². The van der Waals surface area contributed by atoms with Crippen LogP contribution in [0.3, 0.4) is 0 Å². The van der Waals surface area contributed by atoms with Crippen molar-refractivity contribution in [1.29, 1.82) is 0 Å². The monoisotopic (exact) mass is 345 g/mol. The number of benzene rings is 1. The minimum absolute atomic E-state index is 0.116. The summed E-state index contributed by atoms with van der Waals surface area (Å²) in [6, 6.07) is 3.37. The fourth-order valence-electron chi connectivity index (χ4n) is 1.75. The highest BCUT2D eigenvalue weighted by molar-refractivity contribution is 9.10. The molecule has 1 atom stereocenters. The van der Waals surface area contributed by atoms with Crippen molar-refractivity contribution in [2.45, 2.75) is 13.3 Å². The summed E-state index contributed by atoms with van der Waals surface area (Å²) < 4.78 is 11.1. The molecule has 1 amide bonds. The smallest absolute Gasteiger partial charge is 0.255 e. The number of methoxy groups -OCH3 is 2. The maximum atomic E-state index is 12.2. The zero-order valence-electron chi connectivity index (χ0n) is 11.9. The average Bonchev–Trinajstić information content (AvgIpc) is 2.44. The Labute approximate surface area is 127 Å². The predicted octanol–water partition coefficient (Wildman–Crippen LogP) is 2.21. The normalized spacial score (nSPS) is 11.8. The van der Waals surface area contributed by atoms with Crippen LogP contribution in [-0.4, -0.2) is 38.4 Å². The molecule has 112 valence electrons. The molecule has 5 nitrogen and oxygen atoms in total. The molecule has 1 rings (SSSR count). The van der Waals surface area contributed by atoms with Gasteiger partial charge < -0.3 is 19.9 Å². The van der Waals surface area contributed by atoms with Gasteiger partial charge in [-0.15, -0.1) is 0 Å². The first-order valence-electron chi connectivity index (χ1n) is 6.34. The molecule has 0 bridgehead atoms. The molecule has 1 unspecified atom stereocenters. The number of rotatable bonds is 7. The summed E-state index contributed by atoms with van der Waals surface area (Å²) in [5.74, 6) is 1.03. The van der Waals surface area contributed by atoms with E-state index in [4.69, 9.17) is 14.6 Å². The van der Waals surface area contributed by atoms with Crippen LogP contribution in [-0.2, 0) is 0 Å². The van der Waals surface area contributed by atoms with Gasteiger partial charge in [-0.1, -0.05) is 6.92 Å². The zero-order chi connectivity index (χ0) is 15.1. The molecule has 0 aliphatic rings. The van der Waals surface area contributed by atoms with Crippen LogP contribution in [0.1, 0.15) is 23.7 Å². The number of hydrogen-bond acceptors (Lipinski definition) is 4. The fraction of sp³-hybridized carbons (Fsp3) is 0.500. The molecule has 0 heterocycles. The van der Waals surface area contributed by atoms with Crippen molar-refractivity contribution in [3.05, 3.63) is 22.2 Å². The van der Waals surface area contributed by atoms with Gasteiger partial charge in [0, 0.05) is 13.2 Å². The van der Waals surface area contributed by atoms with Gasteiger partial charge in [-0.2, -0.15) is 0 Å². The molecule has 20 heavy (non-hydrogen) atoms. The number of carbonyl (C=O) groups is 1. The number of aliphatic hydroxyl groups is 1. The van der Waals surface area contributed by atoms with Crippen LogP contribution >= 0.6 is 15.9 Å². The molecule has 0 radical (unpaired) electrons. The third-order valence-electron chi connectivity index (χ3n) is 2.93. The number of amides is 1. The van der Waals surface area contributed by atoms with E-state index in [1.54, 1.807) is 19.2 Å². The number of aliphatic hydroxyl groups excluding tert-OH is 1. The summed E-state index contributed by atoms with van der Waals surface area (Å²) in [6.07, 6.45) is 0.652. The second-order valence-corrected chi connectivity index (χ2v) is 5.37. The van der Waals surface area contributed by atoms with Crippen LogP contribution in [0.4, 0.5) is 0 Å². The Morgan fingerprint density at radius 1 is 1.40 bits per heavy atom. The molecule has 0 fully saturated rings. The summed E-state index contributed by atoms with van der Waals surface area (Å²) in [4.78, 5) is 12.2. The number of carbonyl (C=O) groups excluding carboxylic acids is 1. The lowest BCUT2D eigenvalue weighted by molar-refractivity contribution is 0.0942. The summed E-state index contributed by atoms with van der Waals surface area (Å²) in [5.41, 5.74) is 0.412. The lowest BCUT2D eigenvalue weighted by Crippen LogP contribution is -2.29. The SMILES string of the molecule is COc1cc(Br)c(OC)c(C(=O)NCC(C)CCO)c1. The second kappa shape index (κ2) is 8.11. The van der Waals surface area contributed by atoms with Crippen molar-refractivity contribution in [1.82, 2.24) is 5.32 Å². The molecule has 0 aromatic heterocycles. The van der Waals surface area contributed by atoms with E-state index in [1.807, 2.05) is 6.92 Å². The topological polar surface area (TPSA) is 67.8 Å². The minimum atomic E-state index is -0.230. The molecule has 0 aliphatic heterocycles. The van der Waals surface area contributed by atoms with Gasteiger partial charge in [0.25, 0.3) is 5.91 Å². The van der Waals surface area contributed by atoms with E-state index < -0.39 is 0 Å². The minimum Gasteiger partial charge on any atom is -0.497 e. The Hall–Kier alpha value is -1.27. The molecular weight excluding hydrogens is 326 g/mol. The Bertz CT molecular complexity index is 465. The van der Waals surface area contributed by atoms with E-state index >= 15 is 0 Å². The van der Waals surface area contributed by atoms with Crippen LogP contribution < -0.4 is 14.8 Å². The number of ether oxygens (including phenoxy) is 2. The maximum Gasteiger partial charge on any atom is 0.255 e. The highest BCUT2D eigenvalue weighted by Crippen LogP contribution is 2.33. The first-order chi connectivity index (χ1) is 9.53. The van der Waals surface area contributed by atoms with Crippen molar-refractivity contribution in [3.8, 4) is 11.5 Å². The molecule has 1 aromatic rings. The molecule has 2 N–H and O–H groups in total. The van der Waals surface area contributed by atoms with E-state index in [9.17, 15) is 4.79 Å². The zero-order valence-corrected chi connectivity index (χ0v) is 13.5. The van der Waals surface area contributed by atoms with Crippen LogP contribution in [0.5, 0.6) is 11.5 Å². The van der Waals surface area contributed by atoms with Crippen molar-refractivity contribution in [2.24, 2.45) is 5.92 Å². The van der Waals surface area contributed by atoms with E-state index in [2.05, 4.69) is 21.2 Å². The van der Waals surface area contributed by atoms with Gasteiger partial charge >= 0.3 is 0 Å². The highest BCUT2D eigenvalue weighted by Gasteiger charge is 2.17. The lowest BCUT2D eigenvalue weighted by Gasteiger charge is -2.15. The Balaban J connectivity index is 2.88. The molecule has 1 aromatic carbocycles. The van der Waals surface area contributed by atoms with Gasteiger partial charge in [0.1, 0.15) is 11.5 Å². The first-order valence-corrected chi connectivity index (χ1v) is 7.13. The third kappa shape index (κ3) is 4.38. The van der Waals surface area contributed by atoms with Gasteiger partial charge in [-0.25, -0.2) is 0 Å². The second-order valence-electron chi connectivity index (χ2n) is 4.52. The molecular formula is C14H20BrNO4. The van der Waals surface area contributed by atoms with Gasteiger partial charge in [-0.3, -0.25) is 4.79 Å². The molecule has 0 spiro atoms. The van der Waals surface area contributed by atoms with Crippen molar-refractivity contribution in [3.63, 3.8) is 0 Å². The number of hydrogen-bond donors (Lipinski definition) is 2. The lowest BCUT2D eigenvalue weighted by atomic mass is 10.1. The summed E-state index contributed by atoms with van der Waals surface area (Å²) in [5, 5.41) is 11.7. The molecule has 6 heteroatoms. The van der Waals surface area contributed by atoms with E-state index in [1.165, 1.54) is 7.11 Å². The summed E-state index contributed by atoms with van der Waals surface area (Å²) >= 11 is 3.35. The van der Waals surface area contributed by atoms with Gasteiger partial charge in [0.05, 0.1) is 24.3 Å². The number of halogens is 1. The Kier molecular flexibility index (Phi) is 6.81. The predicted molar refractivity (Wildman–Crippen MR) is 80.4 cm³/mol. The van der Waals surface area contributed by atoms with Crippen LogP contribution in [0.25, 0.3) is 0 Å². The quantitative estimate of drug-likeness (QED) is 0.794. The van der Waals surface area contributed by atoms with Crippen LogP contribution in [0, 0.1) is 5.92 Å². The Morgan fingerprint density at radius 3 is 2.65 bits per heavy atom. The third-order valence-corrected chi connectivity index (χ3v) is 3.52. The summed E-state index contributed by atoms with van der Waals surface area (Å²) in [7, 11) is 3.05. The summed E-state index contributed by atoms with van der Waals surface area (Å²) in [6.45, 7) is 2.58. The fourth-order valence-corrected chi connectivity index (χ4v) is 2.35. The average molecular weight is 346 g/mol. The van der Waals surface area contributed by atoms with Crippen molar-refractivity contribution < 1.29 is 19.4 Å². The maximum absolute atomic E-state index is 12.2. The van der Waals surface area contributed by atoms with Crippen molar-refractivity contribution in [2.75, 3.05) is 27.4 Å². The largest absolute Gasteiger partial charge is 0.497 e. The van der Waals surface area contributed by atoms with Gasteiger partial charge in [0.2, 0.25) is 0 Å². The van der Waals surface area contributed by atoms with Gasteiger partial charge in [0.15, 0.2) is 0 Å². The van der Waals surface area contributed by atoms with E-state index in [0.717, 1.165) is 0 Å². The molecule has 0 aliphatic carbocycles. The molecule has 0 saturated carbocycles. The molecule has 0 saturated heterocycles. The number of nitrogens with one attached hydrogen (secondary N) is 1. The van der Waals surface area contributed by atoms with Crippen molar-refractivity contribution >= 4 is 21.8 Å². The van der Waals surface area contributed by atoms with Crippen LogP contribution in [0.2, 0.25) is 0 Å². The first kappa shape index (κ1) is 16.8. The highest BCUT2D eigenvalue weighted by atomic mass is 79.9. The Morgan fingerprint density at radius 2 is 2.10 bits per heavy atom. The van der Waals surface area contributed by atoms with Gasteiger partial charge in [-0.05, 0) is 40.4 Å². The van der Waals surface area contributed by atoms with E-state index in [0.29, 0.717) is 34.5 Å². The van der Waals surface area contributed by atoms with E-state index in [-0.39, 0.29) is 18.4 Å². The standard InChI is InChI=1S/C14H20BrNO4/c1-9(4-5-17)8-16-14(18)11-6-10(19-2)7-12(15)13(11)20-3/h6-7,9,17H,4-5,8H2,1-3H3,(H,16,18).